The normalized spacial score (nSPS) is 11.7. The van der Waals surface area contributed by atoms with Crippen LogP contribution in [0.15, 0.2) is 29.3 Å². The molecule has 0 fully saturated rings. The molecule has 0 amide bonds. The predicted molar refractivity (Wildman–Crippen MR) is 171 cm³/mol. The smallest absolute Gasteiger partial charge is 0.748 e. The molecule has 264 valence electrons. The van der Waals surface area contributed by atoms with Gasteiger partial charge < -0.3 is 56.4 Å². The number of nitrogens with zero attached hydrogens (tertiary/aromatic N) is 8. The van der Waals surface area contributed by atoms with Crippen LogP contribution < -0.4 is 90.5 Å². The average Bonchev–Trinajstić information content (AvgIpc) is 3.04. The van der Waals surface area contributed by atoms with Crippen LogP contribution in [0.5, 0.6) is 0 Å². The summed E-state index contributed by atoms with van der Waals surface area (Å²) in [5.74, 6) is -0.516. The summed E-state index contributed by atoms with van der Waals surface area (Å²) in [7, 11) is -4.50. The first-order chi connectivity index (χ1) is 23.2. The summed E-state index contributed by atoms with van der Waals surface area (Å²) in [5.41, 5.74) is 0.945. The van der Waals surface area contributed by atoms with E-state index < -0.39 is 21.9 Å². The van der Waals surface area contributed by atoms with Crippen LogP contribution in [0, 0.1) is 0 Å². The van der Waals surface area contributed by atoms with Crippen molar-refractivity contribution in [2.75, 3.05) is 83.7 Å². The number of benzene rings is 1. The molecule has 0 aliphatic rings. The third-order valence-electron chi connectivity index (χ3n) is 5.74. The van der Waals surface area contributed by atoms with Crippen molar-refractivity contribution in [3.05, 3.63) is 24.3 Å². The zero-order valence-electron chi connectivity index (χ0n) is 27.2. The van der Waals surface area contributed by atoms with Crippen molar-refractivity contribution in [1.29, 1.82) is 0 Å². The minimum Gasteiger partial charge on any atom is -0.748 e. The van der Waals surface area contributed by atoms with Gasteiger partial charge >= 0.3 is 59.1 Å². The summed E-state index contributed by atoms with van der Waals surface area (Å²) in [4.78, 5) is 31.3. The maximum atomic E-state index is 11.0. The van der Waals surface area contributed by atoms with Gasteiger partial charge in [0.15, 0.2) is 0 Å². The molecule has 26 heteroatoms. The second kappa shape index (κ2) is 25.0. The summed E-state index contributed by atoms with van der Waals surface area (Å²) in [6, 6.07) is 6.12. The maximum Gasteiger partial charge on any atom is 1.00 e. The van der Waals surface area contributed by atoms with E-state index in [0.29, 0.717) is 23.4 Å². The first-order valence-electron chi connectivity index (χ1n) is 14.1. The van der Waals surface area contributed by atoms with Crippen LogP contribution in [0.4, 0.5) is 47.1 Å². The topological polar surface area (TPSA) is 321 Å². The van der Waals surface area contributed by atoms with Crippen LogP contribution in [0.2, 0.25) is 0 Å². The Morgan fingerprint density at radius 3 is 2.16 bits per heavy atom. The number of anilines is 7. The van der Waals surface area contributed by atoms with Crippen LogP contribution in [-0.4, -0.2) is 133 Å². The molecule has 0 bridgehead atoms. The van der Waals surface area contributed by atoms with Gasteiger partial charge in [0.05, 0.1) is 47.5 Å². The number of nitrogens with one attached hydrogen (secondary N) is 4. The first kappa shape index (κ1) is 45.9. The van der Waals surface area contributed by atoms with Crippen molar-refractivity contribution >= 4 is 75.4 Å². The number of aliphatic imine (C=N–C) groups is 1. The van der Waals surface area contributed by atoms with Gasteiger partial charge in [0.1, 0.15) is 0 Å². The minimum absolute atomic E-state index is 0. The number of rotatable bonds is 23. The fourth-order valence-electron chi connectivity index (χ4n) is 3.70. The van der Waals surface area contributed by atoms with E-state index in [9.17, 15) is 38.7 Å². The molecule has 0 radical (unpaired) electrons. The summed E-state index contributed by atoms with van der Waals surface area (Å²) < 4.78 is 37.3. The SMILES string of the molecule is O=S(=O)([O-])CCNc1nc(Nc2cccc(Nc3nc(/N=C\CSOO[O-])nc(N(CCO)CCO)n3)c2)nc(NC(CO)CCO)n1.[Na+].[Na+]. The molecule has 1 unspecified atom stereocenters. The molecule has 8 N–H and O–H groups in total. The van der Waals surface area contributed by atoms with Gasteiger partial charge in [0.25, 0.3) is 5.95 Å². The monoisotopic (exact) mass is 760 g/mol. The third kappa shape index (κ3) is 17.4. The molecule has 3 aromatic rings. The molecule has 0 saturated heterocycles. The molecule has 0 saturated carbocycles. The van der Waals surface area contributed by atoms with Crippen LogP contribution in [0.3, 0.4) is 0 Å². The van der Waals surface area contributed by atoms with Crippen LogP contribution >= 0.6 is 12.0 Å². The molecule has 0 aliphatic carbocycles. The van der Waals surface area contributed by atoms with Gasteiger partial charge in [-0.1, -0.05) is 6.07 Å². The number of hydrogen-bond donors (Lipinski definition) is 8. The molecule has 2 heterocycles. The van der Waals surface area contributed by atoms with E-state index in [-0.39, 0.29) is 153 Å². The molecule has 2 aromatic heterocycles. The standard InChI is InChI=1S/C24H36N12O10S2.2Na/c37-9-4-18(15-40)29-22-31-19(26-6-13-48(42,43)44)30-21(33-22)27-16-2-1-3-17(14-16)28-23-32-20(25-5-12-47-46-45-41)34-24(35-23)36(7-10-38)8-11-39;;/h1-3,5,14,18,37-41H,4,6-13,15H2,(H,42,43,44)(H,28,32,34,35)(H3,26,27,29,30,31,33);;/q;2*+1/p-2/b25-5-;;. The van der Waals surface area contributed by atoms with Crippen molar-refractivity contribution in [1.82, 2.24) is 29.9 Å². The molecular formula is C24H34N12Na2O10S2. The van der Waals surface area contributed by atoms with E-state index in [0.717, 1.165) is 0 Å². The van der Waals surface area contributed by atoms with E-state index in [1.165, 1.54) is 11.1 Å². The Morgan fingerprint density at radius 2 is 1.56 bits per heavy atom. The number of aliphatic hydroxyl groups is 4. The molecule has 0 aliphatic heterocycles. The Balaban J connectivity index is 0.00000625. The second-order valence-corrected chi connectivity index (χ2v) is 11.5. The summed E-state index contributed by atoms with van der Waals surface area (Å²) in [6.07, 6.45) is 1.55. The molecular weight excluding hydrogens is 726 g/mol. The van der Waals surface area contributed by atoms with Crippen LogP contribution in [0.1, 0.15) is 6.42 Å². The first-order valence-corrected chi connectivity index (χ1v) is 16.5. The zero-order valence-corrected chi connectivity index (χ0v) is 32.8. The number of hydrogen-bond acceptors (Lipinski definition) is 23. The van der Waals surface area contributed by atoms with E-state index >= 15 is 0 Å². The largest absolute Gasteiger partial charge is 1.00 e. The van der Waals surface area contributed by atoms with Crippen molar-refractivity contribution in [3.8, 4) is 0 Å². The number of aromatic nitrogens is 6. The Hall–Kier alpha value is -2.11. The molecule has 1 aromatic carbocycles. The molecule has 1 atom stereocenters. The van der Waals surface area contributed by atoms with Crippen molar-refractivity contribution < 1.29 is 107 Å². The Labute approximate surface area is 335 Å². The van der Waals surface area contributed by atoms with E-state index in [4.69, 9.17) is 0 Å². The van der Waals surface area contributed by atoms with Gasteiger partial charge in [0.2, 0.25) is 29.7 Å². The summed E-state index contributed by atoms with van der Waals surface area (Å²) in [6.45, 7) is -1.09. The minimum atomic E-state index is -4.50. The van der Waals surface area contributed by atoms with Gasteiger partial charge in [-0.15, -0.1) is 0 Å². The summed E-state index contributed by atoms with van der Waals surface area (Å²) >= 11 is 0.686. The van der Waals surface area contributed by atoms with Crippen molar-refractivity contribution in [2.24, 2.45) is 4.99 Å². The van der Waals surface area contributed by atoms with Crippen molar-refractivity contribution in [3.63, 3.8) is 0 Å². The van der Waals surface area contributed by atoms with Gasteiger partial charge in [-0.05, 0) is 24.6 Å². The van der Waals surface area contributed by atoms with Crippen LogP contribution in [-0.2, 0) is 19.5 Å². The average molecular weight is 761 g/mol. The van der Waals surface area contributed by atoms with E-state index in [1.54, 1.807) is 24.3 Å². The van der Waals surface area contributed by atoms with Gasteiger partial charge in [0, 0.05) is 55.9 Å². The fourth-order valence-corrected chi connectivity index (χ4v) is 4.28. The van der Waals surface area contributed by atoms with Gasteiger partial charge in [-0.3, -0.25) is 5.04 Å². The van der Waals surface area contributed by atoms with Gasteiger partial charge in [-0.2, -0.15) is 34.2 Å². The Kier molecular flexibility index (Phi) is 22.9. The quantitative estimate of drug-likeness (QED) is 0.00846. The fraction of sp³-hybridized carbons (Fsp3) is 0.458. The third-order valence-corrected chi connectivity index (χ3v) is 6.88. The molecule has 22 nitrogen and oxygen atoms in total. The number of aliphatic hydroxyl groups excluding tert-OH is 4. The van der Waals surface area contributed by atoms with E-state index in [2.05, 4.69) is 65.5 Å². The predicted octanol–water partition coefficient (Wildman–Crippen LogP) is -7.97. The Bertz CT molecular complexity index is 1570. The Morgan fingerprint density at radius 1 is 0.920 bits per heavy atom. The molecule has 0 spiro atoms. The maximum absolute atomic E-state index is 11.0. The molecule has 50 heavy (non-hydrogen) atoms. The summed E-state index contributed by atoms with van der Waals surface area (Å²) in [5, 5.41) is 62.7. The second-order valence-electron chi connectivity index (χ2n) is 9.29. The van der Waals surface area contributed by atoms with Gasteiger partial charge in [-0.25, -0.2) is 13.4 Å². The van der Waals surface area contributed by atoms with E-state index in [1.807, 2.05) is 0 Å². The molecule has 3 rings (SSSR count). The zero-order chi connectivity index (χ0) is 34.8. The van der Waals surface area contributed by atoms with Crippen molar-refractivity contribution in [2.45, 2.75) is 12.5 Å². The van der Waals surface area contributed by atoms with Crippen LogP contribution in [0.25, 0.3) is 0 Å².